The number of allylic oxidation sites excluding steroid dienone is 3. The number of hydrogen-bond donors (Lipinski definition) is 1. The smallest absolute Gasteiger partial charge is 0.314 e. The van der Waals surface area contributed by atoms with Gasteiger partial charge in [-0.05, 0) is 25.5 Å². The Morgan fingerprint density at radius 1 is 1.32 bits per heavy atom. The molecular weight excluding hydrogens is 253 g/mol. The number of piperazine rings is 1. The van der Waals surface area contributed by atoms with E-state index < -0.39 is 11.7 Å². The fourth-order valence-electron chi connectivity index (χ4n) is 1.92. The van der Waals surface area contributed by atoms with Crippen LogP contribution in [0.1, 0.15) is 13.8 Å². The Balaban J connectivity index is 2.80. The molecule has 0 atom stereocenters. The third-order valence-electron chi connectivity index (χ3n) is 3.14. The Morgan fingerprint density at radius 2 is 1.89 bits per heavy atom. The summed E-state index contributed by atoms with van der Waals surface area (Å²) in [6.45, 7) is 10.4. The van der Waals surface area contributed by atoms with E-state index in [0.29, 0.717) is 5.57 Å². The van der Waals surface area contributed by atoms with E-state index >= 15 is 0 Å². The Morgan fingerprint density at radius 3 is 2.37 bits per heavy atom. The van der Waals surface area contributed by atoms with Crippen LogP contribution in [0, 0.1) is 0 Å². The van der Waals surface area contributed by atoms with Gasteiger partial charge in [-0.15, -0.1) is 0 Å². The summed E-state index contributed by atoms with van der Waals surface area (Å²) in [7, 11) is 0. The van der Waals surface area contributed by atoms with Gasteiger partial charge >= 0.3 is 6.18 Å². The lowest BCUT2D eigenvalue weighted by Crippen LogP contribution is -2.44. The summed E-state index contributed by atoms with van der Waals surface area (Å²) in [4.78, 5) is 1.99. The first kappa shape index (κ1) is 16.0. The van der Waals surface area contributed by atoms with Crippen LogP contribution in [0.3, 0.4) is 0 Å². The molecule has 0 unspecified atom stereocenters. The molecule has 1 N–H and O–H groups in total. The maximum atomic E-state index is 13.0. The van der Waals surface area contributed by atoms with Crippen LogP contribution in [0.5, 0.6) is 0 Å². The number of alkyl halides is 3. The fraction of sp³-hybridized carbons (Fsp3) is 0.571. The van der Waals surface area contributed by atoms with E-state index in [1.54, 1.807) is 19.9 Å². The first-order valence-corrected chi connectivity index (χ1v) is 6.37. The van der Waals surface area contributed by atoms with Gasteiger partial charge in [0.1, 0.15) is 0 Å². The van der Waals surface area contributed by atoms with E-state index in [9.17, 15) is 13.2 Å². The maximum absolute atomic E-state index is 13.0. The summed E-state index contributed by atoms with van der Waals surface area (Å²) < 4.78 is 39.1. The quantitative estimate of drug-likeness (QED) is 0.793. The van der Waals surface area contributed by atoms with Gasteiger partial charge in [0, 0.05) is 32.7 Å². The molecule has 1 heterocycles. The molecular formula is C14H21F3N2. The third-order valence-corrected chi connectivity index (χ3v) is 3.14. The molecule has 0 aliphatic carbocycles. The van der Waals surface area contributed by atoms with Gasteiger partial charge in [0.05, 0.1) is 5.57 Å². The zero-order valence-corrected chi connectivity index (χ0v) is 11.5. The summed E-state index contributed by atoms with van der Waals surface area (Å²) in [6, 6.07) is 0. The van der Waals surface area contributed by atoms with Gasteiger partial charge in [-0.3, -0.25) is 4.90 Å². The lowest BCUT2D eigenvalue weighted by atomic mass is 10.0. The predicted molar refractivity (Wildman–Crippen MR) is 72.0 cm³/mol. The molecule has 0 radical (unpaired) electrons. The zero-order chi connectivity index (χ0) is 14.5. The SMILES string of the molecule is C=C(CN1CCNCC1)/C(=C\C(C)=C/C)C(F)(F)F. The largest absolute Gasteiger partial charge is 0.416 e. The number of hydrogen-bond acceptors (Lipinski definition) is 2. The molecule has 0 aromatic heterocycles. The van der Waals surface area contributed by atoms with Crippen molar-refractivity contribution in [3.05, 3.63) is 35.5 Å². The van der Waals surface area contributed by atoms with Crippen molar-refractivity contribution in [2.45, 2.75) is 20.0 Å². The number of halogens is 3. The minimum atomic E-state index is -4.35. The van der Waals surface area contributed by atoms with Gasteiger partial charge in [-0.25, -0.2) is 0 Å². The molecule has 1 saturated heterocycles. The van der Waals surface area contributed by atoms with Crippen LogP contribution in [0.4, 0.5) is 13.2 Å². The maximum Gasteiger partial charge on any atom is 0.416 e. The number of nitrogens with one attached hydrogen (secondary N) is 1. The average Bonchev–Trinajstić information content (AvgIpc) is 2.35. The van der Waals surface area contributed by atoms with E-state index in [2.05, 4.69) is 11.9 Å². The van der Waals surface area contributed by atoms with Gasteiger partial charge in [0.25, 0.3) is 0 Å². The molecule has 2 nitrogen and oxygen atoms in total. The van der Waals surface area contributed by atoms with Crippen LogP contribution < -0.4 is 5.32 Å². The van der Waals surface area contributed by atoms with E-state index in [1.165, 1.54) is 6.08 Å². The molecule has 0 amide bonds. The standard InChI is InChI=1S/C14H21F3N2/c1-4-11(2)9-13(14(15,16)17)12(3)10-19-7-5-18-6-8-19/h4,9,18H,3,5-8,10H2,1-2H3/b11-4-,13-9+. The van der Waals surface area contributed by atoms with Crippen molar-refractivity contribution >= 4 is 0 Å². The van der Waals surface area contributed by atoms with E-state index in [1.807, 2.05) is 4.90 Å². The zero-order valence-electron chi connectivity index (χ0n) is 11.5. The molecule has 5 heteroatoms. The van der Waals surface area contributed by atoms with Gasteiger partial charge in [0.2, 0.25) is 0 Å². The lowest BCUT2D eigenvalue weighted by Gasteiger charge is -2.28. The highest BCUT2D eigenvalue weighted by molar-refractivity contribution is 5.39. The van der Waals surface area contributed by atoms with E-state index in [-0.39, 0.29) is 12.1 Å². The Hall–Kier alpha value is -1.07. The third kappa shape index (κ3) is 5.20. The second-order valence-corrected chi connectivity index (χ2v) is 4.72. The van der Waals surface area contributed by atoms with Crippen molar-refractivity contribution in [3.8, 4) is 0 Å². The first-order chi connectivity index (χ1) is 8.84. The highest BCUT2D eigenvalue weighted by Gasteiger charge is 2.35. The second kappa shape index (κ2) is 6.91. The number of rotatable bonds is 4. The van der Waals surface area contributed by atoms with Crippen molar-refractivity contribution in [1.29, 1.82) is 0 Å². The Labute approximate surface area is 112 Å². The van der Waals surface area contributed by atoms with E-state index in [4.69, 9.17) is 0 Å². The Bertz CT molecular complexity index is 375. The van der Waals surface area contributed by atoms with Crippen LogP contribution in [0.2, 0.25) is 0 Å². The molecule has 0 aromatic rings. The van der Waals surface area contributed by atoms with Crippen LogP contribution in [0.15, 0.2) is 35.5 Å². The highest BCUT2D eigenvalue weighted by Crippen LogP contribution is 2.32. The van der Waals surface area contributed by atoms with E-state index in [0.717, 1.165) is 26.2 Å². The highest BCUT2D eigenvalue weighted by atomic mass is 19.4. The van der Waals surface area contributed by atoms with Gasteiger partial charge in [0.15, 0.2) is 0 Å². The minimum absolute atomic E-state index is 0.135. The van der Waals surface area contributed by atoms with Crippen molar-refractivity contribution in [3.63, 3.8) is 0 Å². The van der Waals surface area contributed by atoms with Crippen LogP contribution in [-0.4, -0.2) is 43.8 Å². The average molecular weight is 274 g/mol. The molecule has 1 rings (SSSR count). The summed E-state index contributed by atoms with van der Waals surface area (Å²) in [5, 5.41) is 3.17. The normalized spacial score (nSPS) is 19.6. The Kier molecular flexibility index (Phi) is 5.82. The topological polar surface area (TPSA) is 15.3 Å². The summed E-state index contributed by atoms with van der Waals surface area (Å²) in [6.07, 6.45) is -1.52. The summed E-state index contributed by atoms with van der Waals surface area (Å²) >= 11 is 0. The second-order valence-electron chi connectivity index (χ2n) is 4.72. The van der Waals surface area contributed by atoms with Crippen molar-refractivity contribution in [1.82, 2.24) is 10.2 Å². The molecule has 0 saturated carbocycles. The molecule has 108 valence electrons. The van der Waals surface area contributed by atoms with Crippen LogP contribution >= 0.6 is 0 Å². The van der Waals surface area contributed by atoms with Gasteiger partial charge in [-0.1, -0.05) is 18.2 Å². The van der Waals surface area contributed by atoms with Crippen molar-refractivity contribution < 1.29 is 13.2 Å². The molecule has 1 fully saturated rings. The molecule has 19 heavy (non-hydrogen) atoms. The molecule has 0 bridgehead atoms. The molecule has 1 aliphatic rings. The molecule has 0 spiro atoms. The molecule has 1 aliphatic heterocycles. The fourth-order valence-corrected chi connectivity index (χ4v) is 1.92. The first-order valence-electron chi connectivity index (χ1n) is 6.37. The monoisotopic (exact) mass is 274 g/mol. The van der Waals surface area contributed by atoms with Crippen LogP contribution in [-0.2, 0) is 0 Å². The predicted octanol–water partition coefficient (Wildman–Crippen LogP) is 2.90. The van der Waals surface area contributed by atoms with Crippen LogP contribution in [0.25, 0.3) is 0 Å². The molecule has 0 aromatic carbocycles. The van der Waals surface area contributed by atoms with Crippen molar-refractivity contribution in [2.24, 2.45) is 0 Å². The summed E-state index contributed by atoms with van der Waals surface area (Å²) in [5.41, 5.74) is 0.103. The van der Waals surface area contributed by atoms with Gasteiger partial charge in [-0.2, -0.15) is 13.2 Å². The summed E-state index contributed by atoms with van der Waals surface area (Å²) in [5.74, 6) is 0. The number of nitrogens with zero attached hydrogens (tertiary/aromatic N) is 1. The minimum Gasteiger partial charge on any atom is -0.314 e. The van der Waals surface area contributed by atoms with Gasteiger partial charge < -0.3 is 5.32 Å². The van der Waals surface area contributed by atoms with Crippen molar-refractivity contribution in [2.75, 3.05) is 32.7 Å². The lowest BCUT2D eigenvalue weighted by molar-refractivity contribution is -0.0897.